The van der Waals surface area contributed by atoms with E-state index >= 15 is 0 Å². The van der Waals surface area contributed by atoms with Gasteiger partial charge in [-0.2, -0.15) is 0 Å². The summed E-state index contributed by atoms with van der Waals surface area (Å²) in [5.74, 6) is 0.692. The quantitative estimate of drug-likeness (QED) is 0.754. The van der Waals surface area contributed by atoms with Gasteiger partial charge in [-0.05, 0) is 44.7 Å². The first-order chi connectivity index (χ1) is 13.7. The number of pyridine rings is 1. The lowest BCUT2D eigenvalue weighted by molar-refractivity contribution is 0.0860. The van der Waals surface area contributed by atoms with E-state index < -0.39 is 0 Å². The lowest BCUT2D eigenvalue weighted by Gasteiger charge is -2.31. The second-order valence-electron chi connectivity index (χ2n) is 7.70. The summed E-state index contributed by atoms with van der Waals surface area (Å²) in [4.78, 5) is 30.5. The minimum Gasteiger partial charge on any atom is -0.450 e. The molecule has 7 nitrogen and oxygen atoms in total. The molecule has 2 amide bonds. The third-order valence-corrected chi connectivity index (χ3v) is 5.59. The van der Waals surface area contributed by atoms with Gasteiger partial charge in [0.05, 0.1) is 6.61 Å². The molecule has 2 N–H and O–H groups in total. The number of carbonyl (C=O) groups excluding carboxylic acids is 2. The zero-order valence-corrected chi connectivity index (χ0v) is 16.8. The third kappa shape index (κ3) is 5.84. The van der Waals surface area contributed by atoms with E-state index in [0.717, 1.165) is 31.5 Å². The van der Waals surface area contributed by atoms with Crippen LogP contribution in [0.3, 0.4) is 0 Å². The highest BCUT2D eigenvalue weighted by Crippen LogP contribution is 2.21. The predicted octanol–water partition coefficient (Wildman–Crippen LogP) is 3.57. The van der Waals surface area contributed by atoms with Gasteiger partial charge in [0.2, 0.25) is 0 Å². The SMILES string of the molecule is CCOC(=O)N1CCC(NC(=O)c2ccnc(NC3CCCCCC3)c2)CC1. The number of rotatable bonds is 5. The Morgan fingerprint density at radius 2 is 1.82 bits per heavy atom. The molecule has 2 heterocycles. The zero-order valence-electron chi connectivity index (χ0n) is 16.8. The standard InChI is InChI=1S/C21H32N4O3/c1-2-28-21(27)25-13-10-18(11-14-25)24-20(26)16-9-12-22-19(15-16)23-17-7-5-3-4-6-8-17/h9,12,15,17-18H,2-8,10-11,13-14H2,1H3,(H,22,23)(H,24,26). The smallest absolute Gasteiger partial charge is 0.409 e. The van der Waals surface area contributed by atoms with E-state index in [1.807, 2.05) is 6.07 Å². The molecule has 1 aliphatic heterocycles. The molecule has 7 heteroatoms. The van der Waals surface area contributed by atoms with Crippen molar-refractivity contribution in [1.82, 2.24) is 15.2 Å². The first-order valence-electron chi connectivity index (χ1n) is 10.6. The van der Waals surface area contributed by atoms with Crippen molar-refractivity contribution in [2.45, 2.75) is 70.4 Å². The van der Waals surface area contributed by atoms with E-state index in [4.69, 9.17) is 4.74 Å². The van der Waals surface area contributed by atoms with Crippen molar-refractivity contribution >= 4 is 17.8 Å². The summed E-state index contributed by atoms with van der Waals surface area (Å²) in [5, 5.41) is 6.60. The van der Waals surface area contributed by atoms with Crippen LogP contribution in [0.5, 0.6) is 0 Å². The van der Waals surface area contributed by atoms with Gasteiger partial charge < -0.3 is 20.3 Å². The van der Waals surface area contributed by atoms with E-state index in [2.05, 4.69) is 15.6 Å². The number of nitrogens with one attached hydrogen (secondary N) is 2. The molecule has 0 radical (unpaired) electrons. The average molecular weight is 389 g/mol. The van der Waals surface area contributed by atoms with Crippen LogP contribution in [0.4, 0.5) is 10.6 Å². The van der Waals surface area contributed by atoms with Gasteiger partial charge >= 0.3 is 6.09 Å². The molecule has 2 aliphatic rings. The Bertz CT molecular complexity index is 651. The molecule has 1 aromatic rings. The molecular weight excluding hydrogens is 356 g/mol. The van der Waals surface area contributed by atoms with Crippen molar-refractivity contribution in [3.8, 4) is 0 Å². The fourth-order valence-corrected chi connectivity index (χ4v) is 3.97. The average Bonchev–Trinajstić information content (AvgIpc) is 2.97. The molecule has 1 saturated heterocycles. The normalized spacial score (nSPS) is 19.0. The van der Waals surface area contributed by atoms with Gasteiger partial charge in [-0.1, -0.05) is 25.7 Å². The van der Waals surface area contributed by atoms with Gasteiger partial charge in [-0.3, -0.25) is 4.79 Å². The summed E-state index contributed by atoms with van der Waals surface area (Å²) < 4.78 is 5.04. The van der Waals surface area contributed by atoms with Crippen molar-refractivity contribution in [2.75, 3.05) is 25.0 Å². The molecule has 0 spiro atoms. The fourth-order valence-electron chi connectivity index (χ4n) is 3.97. The molecular formula is C21H32N4O3. The van der Waals surface area contributed by atoms with Crippen LogP contribution < -0.4 is 10.6 Å². The highest BCUT2D eigenvalue weighted by Gasteiger charge is 2.25. The van der Waals surface area contributed by atoms with Crippen molar-refractivity contribution in [1.29, 1.82) is 0 Å². The monoisotopic (exact) mass is 388 g/mol. The van der Waals surface area contributed by atoms with Crippen LogP contribution in [0.15, 0.2) is 18.3 Å². The first-order valence-corrected chi connectivity index (χ1v) is 10.6. The molecule has 28 heavy (non-hydrogen) atoms. The van der Waals surface area contributed by atoms with Crippen LogP contribution in [0.25, 0.3) is 0 Å². The van der Waals surface area contributed by atoms with Gasteiger partial charge in [0.1, 0.15) is 5.82 Å². The lowest BCUT2D eigenvalue weighted by atomic mass is 10.0. The predicted molar refractivity (Wildman–Crippen MR) is 108 cm³/mol. The van der Waals surface area contributed by atoms with Crippen molar-refractivity contribution in [3.05, 3.63) is 23.9 Å². The highest BCUT2D eigenvalue weighted by atomic mass is 16.6. The van der Waals surface area contributed by atoms with Crippen LogP contribution in [0, 0.1) is 0 Å². The highest BCUT2D eigenvalue weighted by molar-refractivity contribution is 5.95. The minimum atomic E-state index is -0.268. The number of aromatic nitrogens is 1. The van der Waals surface area contributed by atoms with E-state index in [-0.39, 0.29) is 18.0 Å². The number of amides is 2. The molecule has 0 bridgehead atoms. The molecule has 1 aromatic heterocycles. The molecule has 2 fully saturated rings. The minimum absolute atomic E-state index is 0.0737. The maximum atomic E-state index is 12.7. The Kier molecular flexibility index (Phi) is 7.51. The van der Waals surface area contributed by atoms with E-state index in [9.17, 15) is 9.59 Å². The van der Waals surface area contributed by atoms with Gasteiger partial charge in [-0.15, -0.1) is 0 Å². The number of hydrogen-bond acceptors (Lipinski definition) is 5. The maximum absolute atomic E-state index is 12.7. The number of piperidine rings is 1. The topological polar surface area (TPSA) is 83.6 Å². The van der Waals surface area contributed by atoms with Gasteiger partial charge in [0, 0.05) is 36.9 Å². The van der Waals surface area contributed by atoms with Crippen LogP contribution in [-0.2, 0) is 4.74 Å². The van der Waals surface area contributed by atoms with Crippen LogP contribution in [0.2, 0.25) is 0 Å². The summed E-state index contributed by atoms with van der Waals surface area (Å²) in [6.07, 6.45) is 10.4. The summed E-state index contributed by atoms with van der Waals surface area (Å²) in [6.45, 7) is 3.40. The first kappa shape index (κ1) is 20.4. The third-order valence-electron chi connectivity index (χ3n) is 5.59. The van der Waals surface area contributed by atoms with Crippen LogP contribution in [-0.4, -0.2) is 53.7 Å². The second kappa shape index (κ2) is 10.3. The molecule has 0 aromatic carbocycles. The fraction of sp³-hybridized carbons (Fsp3) is 0.667. The molecule has 1 saturated carbocycles. The number of nitrogens with zero attached hydrogens (tertiary/aromatic N) is 2. The Labute approximate surface area is 167 Å². The number of carbonyl (C=O) groups is 2. The van der Waals surface area contributed by atoms with Crippen molar-refractivity contribution < 1.29 is 14.3 Å². The van der Waals surface area contributed by atoms with E-state index in [1.165, 1.54) is 25.7 Å². The molecule has 0 atom stereocenters. The van der Waals surface area contributed by atoms with Crippen molar-refractivity contribution in [2.24, 2.45) is 0 Å². The molecule has 1 aliphatic carbocycles. The molecule has 3 rings (SSSR count). The van der Waals surface area contributed by atoms with Crippen LogP contribution in [0.1, 0.15) is 68.6 Å². The largest absolute Gasteiger partial charge is 0.450 e. The Morgan fingerprint density at radius 1 is 1.11 bits per heavy atom. The molecule has 0 unspecified atom stereocenters. The number of ether oxygens (including phenoxy) is 1. The van der Waals surface area contributed by atoms with Crippen molar-refractivity contribution in [3.63, 3.8) is 0 Å². The Morgan fingerprint density at radius 3 is 2.50 bits per heavy atom. The maximum Gasteiger partial charge on any atom is 0.409 e. The van der Waals surface area contributed by atoms with Gasteiger partial charge in [0.25, 0.3) is 5.91 Å². The van der Waals surface area contributed by atoms with Gasteiger partial charge in [-0.25, -0.2) is 9.78 Å². The molecule has 154 valence electrons. The lowest BCUT2D eigenvalue weighted by Crippen LogP contribution is -2.46. The summed E-state index contributed by atoms with van der Waals surface area (Å²) in [6, 6.07) is 4.11. The number of anilines is 1. The number of likely N-dealkylation sites (tertiary alicyclic amines) is 1. The van der Waals surface area contributed by atoms with Crippen LogP contribution >= 0.6 is 0 Å². The summed E-state index contributed by atoms with van der Waals surface area (Å²) in [7, 11) is 0. The van der Waals surface area contributed by atoms with Gasteiger partial charge in [0.15, 0.2) is 0 Å². The summed E-state index contributed by atoms with van der Waals surface area (Å²) in [5.41, 5.74) is 0.624. The zero-order chi connectivity index (χ0) is 19.8. The Balaban J connectivity index is 1.50. The Hall–Kier alpha value is -2.31. The number of hydrogen-bond donors (Lipinski definition) is 2. The van der Waals surface area contributed by atoms with E-state index in [0.29, 0.717) is 31.3 Å². The van der Waals surface area contributed by atoms with E-state index in [1.54, 1.807) is 24.1 Å². The summed E-state index contributed by atoms with van der Waals surface area (Å²) >= 11 is 0. The second-order valence-corrected chi connectivity index (χ2v) is 7.70.